The summed E-state index contributed by atoms with van der Waals surface area (Å²) in [6.45, 7) is 7.61. The molecule has 2 fully saturated rings. The molecule has 1 atom stereocenters. The van der Waals surface area contributed by atoms with Crippen LogP contribution in [0.4, 0.5) is 11.8 Å². The second kappa shape index (κ2) is 7.21. The number of nitrogen functional groups attached to an aromatic ring is 1. The number of piperidine rings is 1. The second-order valence-electron chi connectivity index (χ2n) is 6.09. The third-order valence-electron chi connectivity index (χ3n) is 4.32. The van der Waals surface area contributed by atoms with E-state index in [-0.39, 0.29) is 0 Å². The quantitative estimate of drug-likeness (QED) is 0.716. The molecule has 3 heterocycles. The third kappa shape index (κ3) is 4.06. The fraction of sp³-hybridized carbons (Fsp3) is 0.733. The molecule has 2 saturated heterocycles. The highest BCUT2D eigenvalue weighted by atomic mass is 16.5. The molecule has 0 bridgehead atoms. The average Bonchev–Trinajstić information content (AvgIpc) is 2.53. The lowest BCUT2D eigenvalue weighted by Gasteiger charge is -2.34. The molecule has 0 spiro atoms. The summed E-state index contributed by atoms with van der Waals surface area (Å²) < 4.78 is 5.72. The van der Waals surface area contributed by atoms with Gasteiger partial charge in [0.05, 0.1) is 12.7 Å². The van der Waals surface area contributed by atoms with E-state index in [2.05, 4.69) is 25.5 Å². The highest BCUT2D eigenvalue weighted by Crippen LogP contribution is 2.19. The van der Waals surface area contributed by atoms with Gasteiger partial charge in [0.25, 0.3) is 0 Å². The fourth-order valence-corrected chi connectivity index (χ4v) is 3.10. The standard InChI is InChI=1S/C15H26N6O/c1-11-8-14(20-15(16)19-11)21-5-2-12(3-6-21)18-10-13-9-17-4-7-22-13/h8,12-13,17-18H,2-7,9-10H2,1H3,(H2,16,19,20)/t13-/m0/s1. The Labute approximate surface area is 131 Å². The maximum absolute atomic E-state index is 5.74. The van der Waals surface area contributed by atoms with Crippen LogP contribution in [0.3, 0.4) is 0 Å². The Morgan fingerprint density at radius 1 is 1.41 bits per heavy atom. The molecule has 0 radical (unpaired) electrons. The summed E-state index contributed by atoms with van der Waals surface area (Å²) in [4.78, 5) is 10.8. The zero-order chi connectivity index (χ0) is 15.4. The van der Waals surface area contributed by atoms with Crippen LogP contribution in [0, 0.1) is 6.92 Å². The Morgan fingerprint density at radius 2 is 2.23 bits per heavy atom. The van der Waals surface area contributed by atoms with E-state index in [1.165, 1.54) is 0 Å². The van der Waals surface area contributed by atoms with E-state index in [4.69, 9.17) is 10.5 Å². The first-order valence-corrected chi connectivity index (χ1v) is 8.12. The van der Waals surface area contributed by atoms with Crippen LogP contribution in [-0.4, -0.2) is 61.4 Å². The first-order chi connectivity index (χ1) is 10.7. The molecule has 22 heavy (non-hydrogen) atoms. The van der Waals surface area contributed by atoms with Gasteiger partial charge < -0.3 is 26.0 Å². The Balaban J connectivity index is 1.45. The van der Waals surface area contributed by atoms with E-state index in [0.717, 1.165) is 63.7 Å². The summed E-state index contributed by atoms with van der Waals surface area (Å²) in [7, 11) is 0. The van der Waals surface area contributed by atoms with Crippen LogP contribution in [0.25, 0.3) is 0 Å². The Bertz CT molecular complexity index is 463. The molecule has 0 unspecified atom stereocenters. The van der Waals surface area contributed by atoms with Crippen LogP contribution in [0.15, 0.2) is 6.07 Å². The first-order valence-electron chi connectivity index (χ1n) is 8.12. The van der Waals surface area contributed by atoms with Crippen molar-refractivity contribution >= 4 is 11.8 Å². The van der Waals surface area contributed by atoms with Gasteiger partial charge in [-0.2, -0.15) is 4.98 Å². The minimum absolute atomic E-state index is 0.302. The number of nitrogens with zero attached hydrogens (tertiary/aromatic N) is 3. The van der Waals surface area contributed by atoms with Gasteiger partial charge in [0.2, 0.25) is 5.95 Å². The largest absolute Gasteiger partial charge is 0.374 e. The maximum Gasteiger partial charge on any atom is 0.222 e. The van der Waals surface area contributed by atoms with Crippen LogP contribution in [0.1, 0.15) is 18.5 Å². The molecular formula is C15H26N6O. The summed E-state index contributed by atoms with van der Waals surface area (Å²) in [5, 5.41) is 7.00. The molecule has 0 aromatic carbocycles. The molecule has 4 N–H and O–H groups in total. The summed E-state index contributed by atoms with van der Waals surface area (Å²) in [5.41, 5.74) is 6.66. The van der Waals surface area contributed by atoms with E-state index < -0.39 is 0 Å². The molecule has 3 rings (SSSR count). The molecule has 2 aliphatic heterocycles. The fourth-order valence-electron chi connectivity index (χ4n) is 3.10. The van der Waals surface area contributed by atoms with Crippen molar-refractivity contribution in [1.29, 1.82) is 0 Å². The molecule has 7 nitrogen and oxygen atoms in total. The van der Waals surface area contributed by atoms with Gasteiger partial charge in [0.15, 0.2) is 0 Å². The van der Waals surface area contributed by atoms with Crippen molar-refractivity contribution in [2.24, 2.45) is 0 Å². The lowest BCUT2D eigenvalue weighted by atomic mass is 10.0. The molecule has 1 aromatic rings. The summed E-state index contributed by atoms with van der Waals surface area (Å²) in [6, 6.07) is 2.56. The molecule has 7 heteroatoms. The normalized spacial score (nSPS) is 23.7. The van der Waals surface area contributed by atoms with E-state index in [9.17, 15) is 0 Å². The van der Waals surface area contributed by atoms with Gasteiger partial charge in [-0.3, -0.25) is 0 Å². The van der Waals surface area contributed by atoms with Gasteiger partial charge in [-0.1, -0.05) is 0 Å². The molecule has 2 aliphatic rings. The number of aryl methyl sites for hydroxylation is 1. The minimum atomic E-state index is 0.302. The van der Waals surface area contributed by atoms with Crippen molar-refractivity contribution in [3.8, 4) is 0 Å². The van der Waals surface area contributed by atoms with Crippen LogP contribution in [0.2, 0.25) is 0 Å². The average molecular weight is 306 g/mol. The molecule has 0 amide bonds. The monoisotopic (exact) mass is 306 g/mol. The van der Waals surface area contributed by atoms with Gasteiger partial charge in [-0.25, -0.2) is 4.98 Å². The number of anilines is 2. The zero-order valence-corrected chi connectivity index (χ0v) is 13.2. The van der Waals surface area contributed by atoms with Gasteiger partial charge in [-0.05, 0) is 19.8 Å². The number of aromatic nitrogens is 2. The minimum Gasteiger partial charge on any atom is -0.374 e. The number of hydrogen-bond donors (Lipinski definition) is 3. The molecule has 122 valence electrons. The molecule has 1 aromatic heterocycles. The van der Waals surface area contributed by atoms with Crippen molar-refractivity contribution in [3.05, 3.63) is 11.8 Å². The maximum atomic E-state index is 5.74. The lowest BCUT2D eigenvalue weighted by molar-refractivity contribution is 0.0271. The number of morpholine rings is 1. The Morgan fingerprint density at radius 3 is 2.91 bits per heavy atom. The van der Waals surface area contributed by atoms with Gasteiger partial charge in [0, 0.05) is 50.5 Å². The molecule has 0 aliphatic carbocycles. The van der Waals surface area contributed by atoms with Crippen molar-refractivity contribution in [1.82, 2.24) is 20.6 Å². The predicted octanol–water partition coefficient (Wildman–Crippen LogP) is -0.0860. The first kappa shape index (κ1) is 15.5. The van der Waals surface area contributed by atoms with Gasteiger partial charge >= 0.3 is 0 Å². The Hall–Kier alpha value is -1.44. The SMILES string of the molecule is Cc1cc(N2CCC(NC[C@@H]3CNCCO3)CC2)nc(N)n1. The number of nitrogens with one attached hydrogen (secondary N) is 2. The summed E-state index contributed by atoms with van der Waals surface area (Å²) >= 11 is 0. The number of rotatable bonds is 4. The van der Waals surface area contributed by atoms with Crippen molar-refractivity contribution in [3.63, 3.8) is 0 Å². The number of nitrogens with two attached hydrogens (primary N) is 1. The second-order valence-corrected chi connectivity index (χ2v) is 6.09. The van der Waals surface area contributed by atoms with Crippen molar-refractivity contribution < 1.29 is 4.74 Å². The Kier molecular flexibility index (Phi) is 5.07. The van der Waals surface area contributed by atoms with Crippen molar-refractivity contribution in [2.45, 2.75) is 31.9 Å². The van der Waals surface area contributed by atoms with E-state index >= 15 is 0 Å². The smallest absolute Gasteiger partial charge is 0.222 e. The molecular weight excluding hydrogens is 280 g/mol. The van der Waals surface area contributed by atoms with E-state index in [1.807, 2.05) is 13.0 Å². The van der Waals surface area contributed by atoms with Gasteiger partial charge in [-0.15, -0.1) is 0 Å². The number of hydrogen-bond acceptors (Lipinski definition) is 7. The van der Waals surface area contributed by atoms with Crippen LogP contribution in [0.5, 0.6) is 0 Å². The van der Waals surface area contributed by atoms with Crippen LogP contribution in [-0.2, 0) is 4.74 Å². The highest BCUT2D eigenvalue weighted by molar-refractivity contribution is 5.43. The van der Waals surface area contributed by atoms with Crippen molar-refractivity contribution in [2.75, 3.05) is 50.0 Å². The van der Waals surface area contributed by atoms with E-state index in [0.29, 0.717) is 18.1 Å². The third-order valence-corrected chi connectivity index (χ3v) is 4.32. The van der Waals surface area contributed by atoms with Crippen LogP contribution < -0.4 is 21.3 Å². The lowest BCUT2D eigenvalue weighted by Crippen LogP contribution is -2.49. The molecule has 0 saturated carbocycles. The predicted molar refractivity (Wildman–Crippen MR) is 87.0 cm³/mol. The van der Waals surface area contributed by atoms with Crippen LogP contribution >= 0.6 is 0 Å². The topological polar surface area (TPSA) is 88.3 Å². The summed E-state index contributed by atoms with van der Waals surface area (Å²) in [6.07, 6.45) is 2.53. The summed E-state index contributed by atoms with van der Waals surface area (Å²) in [5.74, 6) is 1.31. The zero-order valence-electron chi connectivity index (χ0n) is 13.2. The van der Waals surface area contributed by atoms with E-state index in [1.54, 1.807) is 0 Å². The van der Waals surface area contributed by atoms with Gasteiger partial charge in [0.1, 0.15) is 5.82 Å². The highest BCUT2D eigenvalue weighted by Gasteiger charge is 2.22. The number of ether oxygens (including phenoxy) is 1.